The van der Waals surface area contributed by atoms with Crippen molar-refractivity contribution in [2.75, 3.05) is 6.54 Å². The van der Waals surface area contributed by atoms with Crippen LogP contribution in [-0.4, -0.2) is 39.9 Å². The number of nitrogens with zero attached hydrogens (tertiary/aromatic N) is 1. The molecule has 0 bridgehead atoms. The summed E-state index contributed by atoms with van der Waals surface area (Å²) in [6.45, 7) is 7.31. The zero-order chi connectivity index (χ0) is 16.3. The fourth-order valence-corrected chi connectivity index (χ4v) is 2.42. The molecule has 1 rings (SSSR count). The van der Waals surface area contributed by atoms with E-state index >= 15 is 0 Å². The summed E-state index contributed by atoms with van der Waals surface area (Å²) in [6.07, 6.45) is 2.65. The minimum absolute atomic E-state index is 0.123. The van der Waals surface area contributed by atoms with Crippen molar-refractivity contribution in [3.63, 3.8) is 0 Å². The quantitative estimate of drug-likeness (QED) is 0.713. The summed E-state index contributed by atoms with van der Waals surface area (Å²) in [5, 5.41) is 21.1. The van der Waals surface area contributed by atoms with Gasteiger partial charge in [-0.15, -0.1) is 0 Å². The van der Waals surface area contributed by atoms with Crippen molar-refractivity contribution in [2.24, 2.45) is 0 Å². The van der Waals surface area contributed by atoms with E-state index in [9.17, 15) is 19.8 Å². The van der Waals surface area contributed by atoms with Crippen molar-refractivity contribution in [1.29, 1.82) is 0 Å². The normalized spacial score (nSPS) is 28.4. The summed E-state index contributed by atoms with van der Waals surface area (Å²) in [4.78, 5) is 23.6. The first-order chi connectivity index (χ1) is 9.60. The Morgan fingerprint density at radius 2 is 2.05 bits per heavy atom. The molecule has 120 valence electrons. The highest BCUT2D eigenvalue weighted by Crippen LogP contribution is 2.40. The predicted octanol–water partition coefficient (Wildman–Crippen LogP) is 1.18. The lowest BCUT2D eigenvalue weighted by Crippen LogP contribution is -2.55. The van der Waals surface area contributed by atoms with Crippen molar-refractivity contribution < 1.29 is 24.5 Å². The average Bonchev–Trinajstić information content (AvgIpc) is 2.48. The largest absolute Gasteiger partial charge is 0.550 e. The monoisotopic (exact) mass is 298 g/mol. The van der Waals surface area contributed by atoms with Crippen LogP contribution in [0.15, 0.2) is 11.6 Å². The molecule has 0 spiro atoms. The van der Waals surface area contributed by atoms with Crippen LogP contribution in [0, 0.1) is 0 Å². The standard InChI is InChI=1S/C15H25NO5/c1-11(2)7-5-9-14(3)15(4,20)16(13(19)21-14)10-6-8-12(17)18/h7,20H,5-6,8-10H2,1-4H3,(H,17,18)/p-1/t14-,15+/m1/s1. The van der Waals surface area contributed by atoms with Crippen LogP contribution in [-0.2, 0) is 9.53 Å². The lowest BCUT2D eigenvalue weighted by molar-refractivity contribution is -0.305. The third-order valence-corrected chi connectivity index (χ3v) is 4.00. The Hall–Kier alpha value is -1.56. The summed E-state index contributed by atoms with van der Waals surface area (Å²) in [6, 6.07) is 0. The molecule has 0 unspecified atom stereocenters. The number of hydrogen-bond acceptors (Lipinski definition) is 5. The number of carbonyl (C=O) groups is 2. The summed E-state index contributed by atoms with van der Waals surface area (Å²) in [5.41, 5.74) is -1.32. The van der Waals surface area contributed by atoms with Crippen LogP contribution in [0.3, 0.4) is 0 Å². The Kier molecular flexibility index (Phi) is 5.39. The molecule has 6 heteroatoms. The molecule has 0 aromatic carbocycles. The molecule has 0 saturated carbocycles. The first kappa shape index (κ1) is 17.5. The number of carboxylic acids is 1. The molecule has 1 saturated heterocycles. The number of cyclic esters (lactones) is 1. The Morgan fingerprint density at radius 3 is 2.57 bits per heavy atom. The van der Waals surface area contributed by atoms with E-state index in [0.29, 0.717) is 12.8 Å². The molecule has 1 heterocycles. The zero-order valence-corrected chi connectivity index (χ0v) is 13.1. The zero-order valence-electron chi connectivity index (χ0n) is 13.1. The van der Waals surface area contributed by atoms with E-state index in [1.807, 2.05) is 19.9 Å². The number of rotatable bonds is 7. The number of allylic oxidation sites excluding steroid dienone is 2. The predicted molar refractivity (Wildman–Crippen MR) is 75.1 cm³/mol. The topological polar surface area (TPSA) is 89.9 Å². The maximum absolute atomic E-state index is 11.9. The van der Waals surface area contributed by atoms with Crippen LogP contribution in [0.1, 0.15) is 53.4 Å². The highest BCUT2D eigenvalue weighted by atomic mass is 16.6. The summed E-state index contributed by atoms with van der Waals surface area (Å²) in [5.74, 6) is -1.17. The maximum Gasteiger partial charge on any atom is 0.412 e. The highest BCUT2D eigenvalue weighted by molar-refractivity contribution is 5.72. The molecule has 1 aliphatic rings. The van der Waals surface area contributed by atoms with Gasteiger partial charge in [-0.1, -0.05) is 11.6 Å². The number of hydrogen-bond donors (Lipinski definition) is 1. The van der Waals surface area contributed by atoms with Gasteiger partial charge in [0.2, 0.25) is 0 Å². The fourth-order valence-electron chi connectivity index (χ4n) is 2.42. The molecule has 2 atom stereocenters. The van der Waals surface area contributed by atoms with Crippen molar-refractivity contribution in [3.05, 3.63) is 11.6 Å². The Labute approximate surface area is 125 Å². The van der Waals surface area contributed by atoms with Gasteiger partial charge >= 0.3 is 6.09 Å². The highest BCUT2D eigenvalue weighted by Gasteiger charge is 2.58. The molecule has 21 heavy (non-hydrogen) atoms. The van der Waals surface area contributed by atoms with Crippen LogP contribution in [0.5, 0.6) is 0 Å². The molecular weight excluding hydrogens is 274 g/mol. The van der Waals surface area contributed by atoms with Crippen molar-refractivity contribution in [2.45, 2.75) is 64.7 Å². The van der Waals surface area contributed by atoms with E-state index in [-0.39, 0.29) is 19.4 Å². The third-order valence-electron chi connectivity index (χ3n) is 4.00. The van der Waals surface area contributed by atoms with Crippen LogP contribution in [0.25, 0.3) is 0 Å². The molecular formula is C15H24NO5-. The van der Waals surface area contributed by atoms with Gasteiger partial charge in [-0.3, -0.25) is 4.90 Å². The SMILES string of the molecule is CC(C)=CCC[C@@]1(C)OC(=O)N(CCCC(=O)[O-])[C@@]1(C)O. The van der Waals surface area contributed by atoms with Gasteiger partial charge in [0.1, 0.15) is 0 Å². The van der Waals surface area contributed by atoms with E-state index < -0.39 is 23.4 Å². The first-order valence-corrected chi connectivity index (χ1v) is 7.16. The van der Waals surface area contributed by atoms with Crippen molar-refractivity contribution >= 4 is 12.1 Å². The van der Waals surface area contributed by atoms with Gasteiger partial charge in [-0.05, 0) is 53.4 Å². The number of amides is 1. The molecule has 0 aliphatic carbocycles. The third kappa shape index (κ3) is 3.97. The van der Waals surface area contributed by atoms with Crippen LogP contribution in [0.2, 0.25) is 0 Å². The Bertz CT molecular complexity index is 439. The summed E-state index contributed by atoms with van der Waals surface area (Å²) < 4.78 is 5.36. The number of aliphatic hydroxyl groups is 1. The van der Waals surface area contributed by atoms with E-state index in [1.165, 1.54) is 11.8 Å². The first-order valence-electron chi connectivity index (χ1n) is 7.16. The summed E-state index contributed by atoms with van der Waals surface area (Å²) >= 11 is 0. The molecule has 1 fully saturated rings. The second-order valence-electron chi connectivity index (χ2n) is 6.07. The van der Waals surface area contributed by atoms with Gasteiger partial charge in [-0.2, -0.15) is 0 Å². The van der Waals surface area contributed by atoms with E-state index in [4.69, 9.17) is 4.74 Å². The second kappa shape index (κ2) is 6.47. The molecule has 1 N–H and O–H groups in total. The molecule has 6 nitrogen and oxygen atoms in total. The van der Waals surface area contributed by atoms with E-state index in [1.54, 1.807) is 6.92 Å². The second-order valence-corrected chi connectivity index (χ2v) is 6.07. The maximum atomic E-state index is 11.9. The van der Waals surface area contributed by atoms with Crippen LogP contribution < -0.4 is 5.11 Å². The number of carbonyl (C=O) groups excluding carboxylic acids is 2. The Balaban J connectivity index is 2.74. The van der Waals surface area contributed by atoms with Gasteiger partial charge < -0.3 is 19.7 Å². The van der Waals surface area contributed by atoms with Gasteiger partial charge in [0.15, 0.2) is 11.3 Å². The lowest BCUT2D eigenvalue weighted by atomic mass is 9.88. The molecule has 1 amide bonds. The van der Waals surface area contributed by atoms with E-state index in [0.717, 1.165) is 5.57 Å². The Morgan fingerprint density at radius 1 is 1.43 bits per heavy atom. The molecule has 1 aliphatic heterocycles. The van der Waals surface area contributed by atoms with Gasteiger partial charge in [0.25, 0.3) is 0 Å². The number of carboxylic acid groups (broad SMARTS) is 1. The summed E-state index contributed by atoms with van der Waals surface area (Å²) in [7, 11) is 0. The van der Waals surface area contributed by atoms with E-state index in [2.05, 4.69) is 0 Å². The van der Waals surface area contributed by atoms with Gasteiger partial charge in [0, 0.05) is 12.5 Å². The fraction of sp³-hybridized carbons (Fsp3) is 0.733. The van der Waals surface area contributed by atoms with Gasteiger partial charge in [0.05, 0.1) is 0 Å². The number of ether oxygens (including phenoxy) is 1. The lowest BCUT2D eigenvalue weighted by Gasteiger charge is -2.37. The van der Waals surface area contributed by atoms with Crippen LogP contribution >= 0.6 is 0 Å². The average molecular weight is 298 g/mol. The van der Waals surface area contributed by atoms with Crippen molar-refractivity contribution in [3.8, 4) is 0 Å². The molecule has 0 aromatic heterocycles. The minimum atomic E-state index is -1.47. The van der Waals surface area contributed by atoms with Gasteiger partial charge in [-0.25, -0.2) is 4.79 Å². The van der Waals surface area contributed by atoms with Crippen molar-refractivity contribution in [1.82, 2.24) is 4.90 Å². The number of aliphatic carboxylic acids is 1. The molecule has 0 radical (unpaired) electrons. The molecule has 0 aromatic rings. The smallest absolute Gasteiger partial charge is 0.412 e. The van der Waals surface area contributed by atoms with Crippen LogP contribution in [0.4, 0.5) is 4.79 Å². The minimum Gasteiger partial charge on any atom is -0.550 e.